The molecule has 62 valence electrons. The van der Waals surface area contributed by atoms with Crippen LogP contribution in [0.15, 0.2) is 5.38 Å². The summed E-state index contributed by atoms with van der Waals surface area (Å²) >= 11 is 6.50. The summed E-state index contributed by atoms with van der Waals surface area (Å²) in [4.78, 5) is 14.1. The lowest BCUT2D eigenvalue weighted by Crippen LogP contribution is -1.95. The van der Waals surface area contributed by atoms with Gasteiger partial charge in [0.15, 0.2) is 10.7 Å². The van der Waals surface area contributed by atoms with Gasteiger partial charge in [0, 0.05) is 5.38 Å². The number of aromatic nitrogens is 1. The Kier molecular flexibility index (Phi) is 3.09. The minimum atomic E-state index is -1.04. The number of rotatable bonds is 1. The van der Waals surface area contributed by atoms with Crippen LogP contribution in [0, 0.1) is 11.8 Å². The molecular weight excluding hydrogens is 198 g/mol. The third-order valence-electron chi connectivity index (χ3n) is 0.985. The Morgan fingerprint density at radius 2 is 2.58 bits per heavy atom. The highest BCUT2D eigenvalue weighted by atomic mass is 35.5. The predicted octanol–water partition coefficient (Wildman–Crippen LogP) is 1.43. The van der Waals surface area contributed by atoms with E-state index < -0.39 is 5.97 Å². The maximum Gasteiger partial charge on any atom is 0.355 e. The van der Waals surface area contributed by atoms with Gasteiger partial charge in [-0.2, -0.15) is 0 Å². The molecule has 0 aliphatic carbocycles. The van der Waals surface area contributed by atoms with Gasteiger partial charge in [0.2, 0.25) is 0 Å². The number of hydrogen-bond donors (Lipinski definition) is 1. The van der Waals surface area contributed by atoms with E-state index in [2.05, 4.69) is 16.8 Å². The first-order valence-corrected chi connectivity index (χ1v) is 4.39. The molecule has 1 aromatic heterocycles. The molecule has 0 aliphatic heterocycles. The first kappa shape index (κ1) is 9.04. The quantitative estimate of drug-likeness (QED) is 0.553. The minimum absolute atomic E-state index is 0.0267. The summed E-state index contributed by atoms with van der Waals surface area (Å²) in [6.07, 6.45) is 0. The zero-order valence-electron chi connectivity index (χ0n) is 5.87. The second-order valence-electron chi connectivity index (χ2n) is 1.78. The van der Waals surface area contributed by atoms with Gasteiger partial charge in [0.1, 0.15) is 0 Å². The number of halogens is 1. The molecular formula is C7H4ClNO2S. The number of carbonyl (C=O) groups is 1. The van der Waals surface area contributed by atoms with Gasteiger partial charge in [0.25, 0.3) is 0 Å². The molecule has 0 fully saturated rings. The topological polar surface area (TPSA) is 50.2 Å². The molecule has 0 bridgehead atoms. The maximum absolute atomic E-state index is 10.4. The fourth-order valence-electron chi connectivity index (χ4n) is 0.538. The fraction of sp³-hybridized carbons (Fsp3) is 0.143. The third-order valence-corrected chi connectivity index (χ3v) is 1.88. The van der Waals surface area contributed by atoms with Crippen LogP contribution < -0.4 is 0 Å². The van der Waals surface area contributed by atoms with E-state index in [0.29, 0.717) is 5.01 Å². The monoisotopic (exact) mass is 201 g/mol. The van der Waals surface area contributed by atoms with Crippen molar-refractivity contribution < 1.29 is 9.90 Å². The number of alkyl halides is 1. The SMILES string of the molecule is O=C(O)c1csc(C#CCCl)n1. The number of hydrogen-bond acceptors (Lipinski definition) is 3. The largest absolute Gasteiger partial charge is 0.476 e. The predicted molar refractivity (Wildman–Crippen MR) is 46.7 cm³/mol. The Morgan fingerprint density at radius 1 is 1.83 bits per heavy atom. The molecule has 0 saturated heterocycles. The van der Waals surface area contributed by atoms with Gasteiger partial charge in [-0.3, -0.25) is 0 Å². The molecule has 0 spiro atoms. The molecule has 0 radical (unpaired) electrons. The first-order valence-electron chi connectivity index (χ1n) is 2.97. The average Bonchev–Trinajstić information content (AvgIpc) is 2.48. The summed E-state index contributed by atoms with van der Waals surface area (Å²) in [6.45, 7) is 0. The Labute approximate surface area is 78.0 Å². The van der Waals surface area contributed by atoms with E-state index in [1.165, 1.54) is 16.7 Å². The molecule has 12 heavy (non-hydrogen) atoms. The molecule has 1 rings (SSSR count). The molecule has 0 atom stereocenters. The number of aromatic carboxylic acids is 1. The molecule has 5 heteroatoms. The van der Waals surface area contributed by atoms with Crippen LogP contribution in [0.3, 0.4) is 0 Å². The molecule has 1 aromatic rings. The lowest BCUT2D eigenvalue weighted by molar-refractivity contribution is 0.0691. The summed E-state index contributed by atoms with van der Waals surface area (Å²) in [5, 5.41) is 10.4. The van der Waals surface area contributed by atoms with E-state index in [-0.39, 0.29) is 11.6 Å². The Bertz CT molecular complexity index is 350. The highest BCUT2D eigenvalue weighted by molar-refractivity contribution is 7.10. The Morgan fingerprint density at radius 3 is 3.08 bits per heavy atom. The normalized spacial score (nSPS) is 8.75. The van der Waals surface area contributed by atoms with Gasteiger partial charge in [-0.05, 0) is 5.92 Å². The second-order valence-corrected chi connectivity index (χ2v) is 2.90. The van der Waals surface area contributed by atoms with Crippen molar-refractivity contribution in [1.82, 2.24) is 4.98 Å². The summed E-state index contributed by atoms with van der Waals surface area (Å²) in [5.41, 5.74) is 0.0267. The van der Waals surface area contributed by atoms with E-state index in [1.807, 2.05) is 0 Å². The van der Waals surface area contributed by atoms with Crippen molar-refractivity contribution in [3.63, 3.8) is 0 Å². The summed E-state index contributed by atoms with van der Waals surface area (Å²) < 4.78 is 0. The lowest BCUT2D eigenvalue weighted by atomic mass is 10.5. The van der Waals surface area contributed by atoms with Crippen molar-refractivity contribution in [3.8, 4) is 11.8 Å². The number of thiazole rings is 1. The Balaban J connectivity index is 2.84. The molecule has 1 N–H and O–H groups in total. The van der Waals surface area contributed by atoms with Crippen LogP contribution in [0.5, 0.6) is 0 Å². The van der Waals surface area contributed by atoms with E-state index >= 15 is 0 Å². The molecule has 0 aromatic carbocycles. The van der Waals surface area contributed by atoms with Crippen LogP contribution in [-0.2, 0) is 0 Å². The van der Waals surface area contributed by atoms with Crippen LogP contribution in [0.25, 0.3) is 0 Å². The maximum atomic E-state index is 10.4. The number of carboxylic acids is 1. The molecule has 0 aliphatic rings. The highest BCUT2D eigenvalue weighted by Crippen LogP contribution is 2.07. The van der Waals surface area contributed by atoms with Crippen molar-refractivity contribution in [2.24, 2.45) is 0 Å². The van der Waals surface area contributed by atoms with Crippen molar-refractivity contribution in [1.29, 1.82) is 0 Å². The minimum Gasteiger partial charge on any atom is -0.476 e. The third kappa shape index (κ3) is 2.22. The van der Waals surface area contributed by atoms with Crippen LogP contribution in [0.1, 0.15) is 15.5 Å². The number of nitrogens with zero attached hydrogens (tertiary/aromatic N) is 1. The van der Waals surface area contributed by atoms with E-state index in [4.69, 9.17) is 16.7 Å². The zero-order valence-corrected chi connectivity index (χ0v) is 7.45. The standard InChI is InChI=1S/C7H4ClNO2S/c8-3-1-2-6-9-5(4-12-6)7(10)11/h4H,3H2,(H,10,11). The summed E-state index contributed by atoms with van der Waals surface area (Å²) in [7, 11) is 0. The fourth-order valence-corrected chi connectivity index (χ4v) is 1.26. The number of carboxylic acid groups (broad SMARTS) is 1. The molecule has 3 nitrogen and oxygen atoms in total. The highest BCUT2D eigenvalue weighted by Gasteiger charge is 2.06. The molecule has 0 unspecified atom stereocenters. The van der Waals surface area contributed by atoms with Crippen LogP contribution >= 0.6 is 22.9 Å². The van der Waals surface area contributed by atoms with Crippen molar-refractivity contribution in [2.45, 2.75) is 0 Å². The van der Waals surface area contributed by atoms with Crippen molar-refractivity contribution >= 4 is 28.9 Å². The molecule has 0 amide bonds. The second kappa shape index (κ2) is 4.10. The van der Waals surface area contributed by atoms with Crippen LogP contribution in [0.4, 0.5) is 0 Å². The van der Waals surface area contributed by atoms with Gasteiger partial charge in [-0.25, -0.2) is 9.78 Å². The molecule has 0 saturated carbocycles. The summed E-state index contributed by atoms with van der Waals surface area (Å²) in [5.74, 6) is 4.41. The van der Waals surface area contributed by atoms with E-state index in [0.717, 1.165) is 0 Å². The van der Waals surface area contributed by atoms with E-state index in [9.17, 15) is 4.79 Å². The van der Waals surface area contributed by atoms with Crippen molar-refractivity contribution in [2.75, 3.05) is 5.88 Å². The Hall–Kier alpha value is -1.05. The smallest absolute Gasteiger partial charge is 0.355 e. The van der Waals surface area contributed by atoms with Crippen LogP contribution in [0.2, 0.25) is 0 Å². The van der Waals surface area contributed by atoms with Gasteiger partial charge >= 0.3 is 5.97 Å². The average molecular weight is 202 g/mol. The lowest BCUT2D eigenvalue weighted by Gasteiger charge is -1.79. The molecule has 1 heterocycles. The summed E-state index contributed by atoms with van der Waals surface area (Å²) in [6, 6.07) is 0. The zero-order chi connectivity index (χ0) is 8.97. The van der Waals surface area contributed by atoms with Gasteiger partial charge in [-0.15, -0.1) is 22.9 Å². The first-order chi connectivity index (χ1) is 5.74. The van der Waals surface area contributed by atoms with Gasteiger partial charge in [-0.1, -0.05) is 5.92 Å². The van der Waals surface area contributed by atoms with Crippen molar-refractivity contribution in [3.05, 3.63) is 16.1 Å². The van der Waals surface area contributed by atoms with E-state index in [1.54, 1.807) is 0 Å². The van der Waals surface area contributed by atoms with Gasteiger partial charge < -0.3 is 5.11 Å². The van der Waals surface area contributed by atoms with Crippen LogP contribution in [-0.4, -0.2) is 21.9 Å². The van der Waals surface area contributed by atoms with Gasteiger partial charge in [0.05, 0.1) is 5.88 Å².